The molecule has 0 aliphatic heterocycles. The van der Waals surface area contributed by atoms with Crippen LogP contribution in [-0.4, -0.2) is 25.5 Å². The Hall–Kier alpha value is -1.68. The fourth-order valence-electron chi connectivity index (χ4n) is 2.09. The zero-order chi connectivity index (χ0) is 18.1. The second-order valence-electron chi connectivity index (χ2n) is 5.25. The van der Waals surface area contributed by atoms with Gasteiger partial charge in [0.15, 0.2) is 5.96 Å². The van der Waals surface area contributed by atoms with E-state index in [1.165, 1.54) is 6.07 Å². The van der Waals surface area contributed by atoms with Crippen LogP contribution in [0.25, 0.3) is 0 Å². The number of carbonyl (C=O) groups excluding carboxylic acids is 1. The van der Waals surface area contributed by atoms with Gasteiger partial charge in [0.25, 0.3) is 0 Å². The first-order chi connectivity index (χ1) is 12.1. The highest BCUT2D eigenvalue weighted by Crippen LogP contribution is 2.14. The standard InChI is InChI=1S/C18H20BrFN4O.HI/c1-21-18(23-12-13-4-2-3-5-16(13)20)22-11-10-17(25)24-15-8-6-14(19)7-9-15;/h2-9H,10-12H2,1H3,(H,24,25)(H2,21,22,23);1H. The third-order valence-corrected chi connectivity index (χ3v) is 3.93. The van der Waals surface area contributed by atoms with Crippen LogP contribution in [0.5, 0.6) is 0 Å². The maximum atomic E-state index is 13.6. The van der Waals surface area contributed by atoms with Crippen LogP contribution in [0.15, 0.2) is 58.0 Å². The molecule has 8 heteroatoms. The van der Waals surface area contributed by atoms with Crippen LogP contribution in [-0.2, 0) is 11.3 Å². The molecule has 0 aliphatic rings. The van der Waals surface area contributed by atoms with E-state index >= 15 is 0 Å². The van der Waals surface area contributed by atoms with Gasteiger partial charge in [0.2, 0.25) is 5.91 Å². The first-order valence-electron chi connectivity index (χ1n) is 7.82. The SMILES string of the molecule is CN=C(NCCC(=O)Nc1ccc(Br)cc1)NCc1ccccc1F.I. The molecule has 0 spiro atoms. The van der Waals surface area contributed by atoms with Crippen molar-refractivity contribution in [1.29, 1.82) is 0 Å². The molecule has 2 rings (SSSR count). The zero-order valence-corrected chi connectivity index (χ0v) is 18.2. The molecule has 2 aromatic carbocycles. The Balaban J connectivity index is 0.00000338. The summed E-state index contributed by atoms with van der Waals surface area (Å²) in [4.78, 5) is 16.0. The van der Waals surface area contributed by atoms with Gasteiger partial charge in [-0.05, 0) is 30.3 Å². The predicted octanol–water partition coefficient (Wildman–Crippen LogP) is 3.90. The number of aliphatic imine (C=N–C) groups is 1. The van der Waals surface area contributed by atoms with Crippen molar-refractivity contribution in [2.75, 3.05) is 18.9 Å². The number of hydrogen-bond acceptors (Lipinski definition) is 2. The van der Waals surface area contributed by atoms with E-state index in [9.17, 15) is 9.18 Å². The van der Waals surface area contributed by atoms with Gasteiger partial charge in [-0.15, -0.1) is 24.0 Å². The van der Waals surface area contributed by atoms with Crippen LogP contribution in [0.3, 0.4) is 0 Å². The van der Waals surface area contributed by atoms with E-state index in [0.717, 1.165) is 10.2 Å². The topological polar surface area (TPSA) is 65.5 Å². The maximum Gasteiger partial charge on any atom is 0.226 e. The fourth-order valence-corrected chi connectivity index (χ4v) is 2.36. The predicted molar refractivity (Wildman–Crippen MR) is 117 cm³/mol. The number of nitrogens with one attached hydrogen (secondary N) is 3. The van der Waals surface area contributed by atoms with E-state index in [1.807, 2.05) is 24.3 Å². The zero-order valence-electron chi connectivity index (χ0n) is 14.3. The molecule has 2 aromatic rings. The molecular formula is C18H21BrFIN4O. The first-order valence-corrected chi connectivity index (χ1v) is 8.61. The molecule has 1 amide bonds. The largest absolute Gasteiger partial charge is 0.356 e. The lowest BCUT2D eigenvalue weighted by Gasteiger charge is -2.12. The maximum absolute atomic E-state index is 13.6. The first kappa shape index (κ1) is 22.4. The molecule has 0 aliphatic carbocycles. The van der Waals surface area contributed by atoms with E-state index in [-0.39, 0.29) is 42.1 Å². The third-order valence-electron chi connectivity index (χ3n) is 3.40. The molecule has 0 fully saturated rings. The lowest BCUT2D eigenvalue weighted by molar-refractivity contribution is -0.116. The van der Waals surface area contributed by atoms with Crippen LogP contribution in [0.4, 0.5) is 10.1 Å². The van der Waals surface area contributed by atoms with Crippen LogP contribution in [0, 0.1) is 5.82 Å². The molecule has 0 saturated carbocycles. The molecule has 140 valence electrons. The van der Waals surface area contributed by atoms with Crippen LogP contribution in [0.1, 0.15) is 12.0 Å². The van der Waals surface area contributed by atoms with E-state index in [1.54, 1.807) is 25.2 Å². The summed E-state index contributed by atoms with van der Waals surface area (Å²) < 4.78 is 14.5. The molecule has 5 nitrogen and oxygen atoms in total. The van der Waals surface area contributed by atoms with E-state index in [0.29, 0.717) is 24.6 Å². The van der Waals surface area contributed by atoms with Gasteiger partial charge in [-0.2, -0.15) is 0 Å². The van der Waals surface area contributed by atoms with Crippen molar-refractivity contribution in [1.82, 2.24) is 10.6 Å². The van der Waals surface area contributed by atoms with E-state index < -0.39 is 0 Å². The summed E-state index contributed by atoms with van der Waals surface area (Å²) in [5.74, 6) is 0.151. The number of benzene rings is 2. The third kappa shape index (κ3) is 7.69. The Morgan fingerprint density at radius 1 is 1.12 bits per heavy atom. The number of carbonyl (C=O) groups is 1. The number of amides is 1. The number of rotatable bonds is 6. The Kier molecular flexibility index (Phi) is 10.2. The molecule has 3 N–H and O–H groups in total. The van der Waals surface area contributed by atoms with Crippen molar-refractivity contribution in [3.8, 4) is 0 Å². The molecule has 0 bridgehead atoms. The van der Waals surface area contributed by atoms with Crippen LogP contribution >= 0.6 is 39.9 Å². The van der Waals surface area contributed by atoms with Crippen molar-refractivity contribution in [3.63, 3.8) is 0 Å². The minimum Gasteiger partial charge on any atom is -0.356 e. The molecular weight excluding hydrogens is 514 g/mol. The Labute approximate surface area is 178 Å². The van der Waals surface area contributed by atoms with Gasteiger partial charge in [0.1, 0.15) is 5.82 Å². The quantitative estimate of drug-likeness (QED) is 0.299. The highest BCUT2D eigenvalue weighted by Gasteiger charge is 2.05. The number of hydrogen-bond donors (Lipinski definition) is 3. The molecule has 0 heterocycles. The van der Waals surface area contributed by atoms with Crippen molar-refractivity contribution in [2.45, 2.75) is 13.0 Å². The molecule has 26 heavy (non-hydrogen) atoms. The van der Waals surface area contributed by atoms with Crippen molar-refractivity contribution >= 4 is 57.5 Å². The average molecular weight is 535 g/mol. The fraction of sp³-hybridized carbons (Fsp3) is 0.222. The summed E-state index contributed by atoms with van der Waals surface area (Å²) in [6, 6.07) is 13.9. The lowest BCUT2D eigenvalue weighted by Crippen LogP contribution is -2.38. The van der Waals surface area contributed by atoms with E-state index in [4.69, 9.17) is 0 Å². The molecule has 0 aromatic heterocycles. The average Bonchev–Trinajstić information content (AvgIpc) is 2.61. The van der Waals surface area contributed by atoms with Gasteiger partial charge in [0, 0.05) is 42.3 Å². The van der Waals surface area contributed by atoms with Crippen molar-refractivity contribution in [3.05, 3.63) is 64.4 Å². The Morgan fingerprint density at radius 2 is 1.81 bits per heavy atom. The van der Waals surface area contributed by atoms with Crippen LogP contribution < -0.4 is 16.0 Å². The smallest absolute Gasteiger partial charge is 0.226 e. The van der Waals surface area contributed by atoms with E-state index in [2.05, 4.69) is 36.9 Å². The minimum absolute atomic E-state index is 0. The summed E-state index contributed by atoms with van der Waals surface area (Å²) in [6.07, 6.45) is 0.288. The van der Waals surface area contributed by atoms with Gasteiger partial charge in [0.05, 0.1) is 0 Å². The Morgan fingerprint density at radius 3 is 2.46 bits per heavy atom. The molecule has 0 saturated heterocycles. The highest BCUT2D eigenvalue weighted by molar-refractivity contribution is 14.0. The summed E-state index contributed by atoms with van der Waals surface area (Å²) >= 11 is 3.35. The number of halogens is 3. The highest BCUT2D eigenvalue weighted by atomic mass is 127. The summed E-state index contributed by atoms with van der Waals surface area (Å²) in [5.41, 5.74) is 1.30. The summed E-state index contributed by atoms with van der Waals surface area (Å²) in [5, 5.41) is 8.87. The summed E-state index contributed by atoms with van der Waals surface area (Å²) in [6.45, 7) is 0.733. The Bertz CT molecular complexity index is 740. The minimum atomic E-state index is -0.265. The number of nitrogens with zero attached hydrogens (tertiary/aromatic N) is 1. The van der Waals surface area contributed by atoms with Gasteiger partial charge in [-0.3, -0.25) is 9.79 Å². The van der Waals surface area contributed by atoms with Crippen LogP contribution in [0.2, 0.25) is 0 Å². The van der Waals surface area contributed by atoms with Gasteiger partial charge in [-0.25, -0.2) is 4.39 Å². The number of guanidine groups is 1. The van der Waals surface area contributed by atoms with Crippen molar-refractivity contribution in [2.24, 2.45) is 4.99 Å². The van der Waals surface area contributed by atoms with Gasteiger partial charge >= 0.3 is 0 Å². The summed E-state index contributed by atoms with van der Waals surface area (Å²) in [7, 11) is 1.62. The molecule has 0 unspecified atom stereocenters. The second-order valence-corrected chi connectivity index (χ2v) is 6.16. The van der Waals surface area contributed by atoms with Crippen molar-refractivity contribution < 1.29 is 9.18 Å². The number of anilines is 1. The second kappa shape index (κ2) is 11.8. The normalized spacial score (nSPS) is 10.7. The van der Waals surface area contributed by atoms with Gasteiger partial charge < -0.3 is 16.0 Å². The molecule has 0 radical (unpaired) electrons. The monoisotopic (exact) mass is 534 g/mol. The lowest BCUT2D eigenvalue weighted by atomic mass is 10.2. The van der Waals surface area contributed by atoms with Gasteiger partial charge in [-0.1, -0.05) is 34.1 Å². The molecule has 0 atom stereocenters.